The van der Waals surface area contributed by atoms with Crippen molar-refractivity contribution >= 4 is 17.5 Å². The molecule has 0 atom stereocenters. The second kappa shape index (κ2) is 7.20. The van der Waals surface area contributed by atoms with E-state index in [-0.39, 0.29) is 22.4 Å². The first-order chi connectivity index (χ1) is 13.4. The maximum absolute atomic E-state index is 12.8. The highest BCUT2D eigenvalue weighted by Gasteiger charge is 2.27. The van der Waals surface area contributed by atoms with Gasteiger partial charge in [0, 0.05) is 42.4 Å². The van der Waals surface area contributed by atoms with Crippen molar-refractivity contribution in [3.63, 3.8) is 0 Å². The number of carbonyl (C=O) groups excluding carboxylic acids is 1. The molecule has 0 spiro atoms. The van der Waals surface area contributed by atoms with Gasteiger partial charge in [-0.3, -0.25) is 9.89 Å². The van der Waals surface area contributed by atoms with Crippen molar-refractivity contribution in [2.75, 3.05) is 6.54 Å². The minimum atomic E-state index is -0.192. The van der Waals surface area contributed by atoms with Gasteiger partial charge >= 0.3 is 0 Å². The SMILES string of the molecule is Cc1ccc(CC(=O)N2CCc3[nH]nc(-c4cc(Cl)c(O)cc4O)c3C2)cc1. The second-order valence-electron chi connectivity index (χ2n) is 7.08. The standard InChI is InChI=1S/C21H20ClN3O3/c1-12-2-4-13(5-3-12)8-20(28)25-7-6-17-15(11-25)21(24-23-17)14-9-16(22)19(27)10-18(14)26/h2-5,9-10,26-27H,6-8,11H2,1H3,(H,23,24). The predicted octanol–water partition coefficient (Wildman–Crippen LogP) is 3.58. The van der Waals surface area contributed by atoms with Crippen molar-refractivity contribution in [2.24, 2.45) is 0 Å². The Morgan fingerprint density at radius 1 is 1.21 bits per heavy atom. The Morgan fingerprint density at radius 2 is 1.96 bits per heavy atom. The molecule has 0 radical (unpaired) electrons. The average molecular weight is 398 g/mol. The molecule has 3 aromatic rings. The van der Waals surface area contributed by atoms with Crippen molar-refractivity contribution < 1.29 is 15.0 Å². The first-order valence-corrected chi connectivity index (χ1v) is 9.41. The van der Waals surface area contributed by atoms with Crippen molar-refractivity contribution in [3.05, 3.63) is 63.8 Å². The molecule has 1 aliphatic rings. The van der Waals surface area contributed by atoms with Crippen LogP contribution in [0.5, 0.6) is 11.5 Å². The molecule has 2 aromatic carbocycles. The Balaban J connectivity index is 1.59. The quantitative estimate of drug-likeness (QED) is 0.630. The summed E-state index contributed by atoms with van der Waals surface area (Å²) in [6.07, 6.45) is 1.01. The molecule has 0 aliphatic carbocycles. The second-order valence-corrected chi connectivity index (χ2v) is 7.48. The van der Waals surface area contributed by atoms with Gasteiger partial charge in [-0.2, -0.15) is 5.10 Å². The minimum absolute atomic E-state index is 0.0506. The lowest BCUT2D eigenvalue weighted by molar-refractivity contribution is -0.131. The van der Waals surface area contributed by atoms with Gasteiger partial charge in [0.15, 0.2) is 0 Å². The third-order valence-corrected chi connectivity index (χ3v) is 5.39. The molecule has 6 nitrogen and oxygen atoms in total. The number of hydrogen-bond donors (Lipinski definition) is 3. The van der Waals surface area contributed by atoms with Crippen LogP contribution < -0.4 is 0 Å². The molecule has 3 N–H and O–H groups in total. The van der Waals surface area contributed by atoms with Gasteiger partial charge in [-0.1, -0.05) is 41.4 Å². The fourth-order valence-electron chi connectivity index (χ4n) is 3.46. The molecule has 1 aromatic heterocycles. The first kappa shape index (κ1) is 18.4. The number of carbonyl (C=O) groups is 1. The van der Waals surface area contributed by atoms with E-state index in [9.17, 15) is 15.0 Å². The highest BCUT2D eigenvalue weighted by molar-refractivity contribution is 6.32. The number of aryl methyl sites for hydroxylation is 1. The molecule has 0 saturated heterocycles. The fraction of sp³-hybridized carbons (Fsp3) is 0.238. The molecule has 0 bridgehead atoms. The van der Waals surface area contributed by atoms with Gasteiger partial charge in [0.1, 0.15) is 17.2 Å². The molecule has 4 rings (SSSR count). The monoisotopic (exact) mass is 397 g/mol. The van der Waals surface area contributed by atoms with Crippen LogP contribution in [0.4, 0.5) is 0 Å². The van der Waals surface area contributed by atoms with Crippen molar-refractivity contribution in [3.8, 4) is 22.8 Å². The lowest BCUT2D eigenvalue weighted by Gasteiger charge is -2.27. The average Bonchev–Trinajstić information content (AvgIpc) is 3.09. The lowest BCUT2D eigenvalue weighted by atomic mass is 9.99. The molecule has 144 valence electrons. The van der Waals surface area contributed by atoms with E-state index in [1.165, 1.54) is 12.1 Å². The van der Waals surface area contributed by atoms with Crippen LogP contribution in [-0.4, -0.2) is 37.8 Å². The van der Waals surface area contributed by atoms with Crippen LogP contribution in [0.2, 0.25) is 5.02 Å². The van der Waals surface area contributed by atoms with Crippen LogP contribution in [0.3, 0.4) is 0 Å². The molecular formula is C21H20ClN3O3. The molecule has 7 heteroatoms. The third kappa shape index (κ3) is 3.43. The number of halogens is 1. The molecule has 1 amide bonds. The Labute approximate surface area is 167 Å². The molecular weight excluding hydrogens is 378 g/mol. The molecule has 28 heavy (non-hydrogen) atoms. The van der Waals surface area contributed by atoms with E-state index < -0.39 is 0 Å². The molecule has 1 aliphatic heterocycles. The summed E-state index contributed by atoms with van der Waals surface area (Å²) in [6, 6.07) is 10.6. The number of nitrogens with zero attached hydrogens (tertiary/aromatic N) is 2. The summed E-state index contributed by atoms with van der Waals surface area (Å²) in [6.45, 7) is 3.04. The minimum Gasteiger partial charge on any atom is -0.507 e. The first-order valence-electron chi connectivity index (χ1n) is 9.03. The summed E-state index contributed by atoms with van der Waals surface area (Å²) in [5, 5.41) is 27.3. The number of nitrogens with one attached hydrogen (secondary N) is 1. The molecule has 0 saturated carbocycles. The summed E-state index contributed by atoms with van der Waals surface area (Å²) >= 11 is 6.00. The molecule has 0 unspecified atom stereocenters. The van der Waals surface area contributed by atoms with E-state index >= 15 is 0 Å². The topological polar surface area (TPSA) is 89.5 Å². The van der Waals surface area contributed by atoms with Gasteiger partial charge in [-0.05, 0) is 18.6 Å². The van der Waals surface area contributed by atoms with Crippen LogP contribution >= 0.6 is 11.6 Å². The van der Waals surface area contributed by atoms with E-state index in [0.717, 1.165) is 22.4 Å². The number of phenols is 2. The van der Waals surface area contributed by atoms with Crippen LogP contribution in [0.25, 0.3) is 11.3 Å². The highest BCUT2D eigenvalue weighted by Crippen LogP contribution is 2.39. The highest BCUT2D eigenvalue weighted by atomic mass is 35.5. The smallest absolute Gasteiger partial charge is 0.227 e. The zero-order valence-corrected chi connectivity index (χ0v) is 16.1. The zero-order valence-electron chi connectivity index (χ0n) is 15.4. The molecule has 0 fully saturated rings. The van der Waals surface area contributed by atoms with Crippen molar-refractivity contribution in [1.82, 2.24) is 15.1 Å². The number of aromatic hydroxyl groups is 2. The lowest BCUT2D eigenvalue weighted by Crippen LogP contribution is -2.36. The summed E-state index contributed by atoms with van der Waals surface area (Å²) in [4.78, 5) is 14.6. The third-order valence-electron chi connectivity index (χ3n) is 5.08. The van der Waals surface area contributed by atoms with Gasteiger partial charge in [0.25, 0.3) is 0 Å². The van der Waals surface area contributed by atoms with Gasteiger partial charge < -0.3 is 15.1 Å². The Bertz CT molecular complexity index is 1040. The van der Waals surface area contributed by atoms with E-state index in [4.69, 9.17) is 11.6 Å². The Kier molecular flexibility index (Phi) is 4.73. The van der Waals surface area contributed by atoms with Gasteiger partial charge in [-0.25, -0.2) is 0 Å². The van der Waals surface area contributed by atoms with Crippen LogP contribution in [0.1, 0.15) is 22.4 Å². The van der Waals surface area contributed by atoms with Crippen LogP contribution in [-0.2, 0) is 24.2 Å². The van der Waals surface area contributed by atoms with E-state index in [1.807, 2.05) is 31.2 Å². The largest absolute Gasteiger partial charge is 0.507 e. The van der Waals surface area contributed by atoms with E-state index in [1.54, 1.807) is 4.90 Å². The summed E-state index contributed by atoms with van der Waals surface area (Å²) in [7, 11) is 0. The molecule has 2 heterocycles. The van der Waals surface area contributed by atoms with Crippen LogP contribution in [0.15, 0.2) is 36.4 Å². The Morgan fingerprint density at radius 3 is 2.71 bits per heavy atom. The van der Waals surface area contributed by atoms with Crippen molar-refractivity contribution in [2.45, 2.75) is 26.3 Å². The van der Waals surface area contributed by atoms with Crippen molar-refractivity contribution in [1.29, 1.82) is 0 Å². The van der Waals surface area contributed by atoms with Gasteiger partial charge in [-0.15, -0.1) is 0 Å². The summed E-state index contributed by atoms with van der Waals surface area (Å²) in [5.41, 5.74) is 4.92. The maximum atomic E-state index is 12.8. The fourth-order valence-corrected chi connectivity index (χ4v) is 3.63. The number of benzene rings is 2. The predicted molar refractivity (Wildman–Crippen MR) is 106 cm³/mol. The van der Waals surface area contributed by atoms with Gasteiger partial charge in [0.2, 0.25) is 5.91 Å². The number of H-pyrrole nitrogens is 1. The van der Waals surface area contributed by atoms with Gasteiger partial charge in [0.05, 0.1) is 11.4 Å². The summed E-state index contributed by atoms with van der Waals surface area (Å²) in [5.74, 6) is -0.254. The Hall–Kier alpha value is -2.99. The maximum Gasteiger partial charge on any atom is 0.227 e. The van der Waals surface area contributed by atoms with Crippen LogP contribution in [0, 0.1) is 6.92 Å². The number of amides is 1. The number of aromatic amines is 1. The normalized spacial score (nSPS) is 13.4. The number of rotatable bonds is 3. The number of fused-ring (bicyclic) bond motifs is 1. The number of phenolic OH excluding ortho intramolecular Hbond substituents is 2. The number of hydrogen-bond acceptors (Lipinski definition) is 4. The number of aromatic nitrogens is 2. The van der Waals surface area contributed by atoms with E-state index in [0.29, 0.717) is 37.2 Å². The summed E-state index contributed by atoms with van der Waals surface area (Å²) < 4.78 is 0. The zero-order chi connectivity index (χ0) is 19.8. The van der Waals surface area contributed by atoms with E-state index in [2.05, 4.69) is 10.2 Å².